The quantitative estimate of drug-likeness (QED) is 0.252. The summed E-state index contributed by atoms with van der Waals surface area (Å²) in [7, 11) is 0. The van der Waals surface area contributed by atoms with Crippen LogP contribution >= 0.6 is 0 Å². The molecule has 2 N–H and O–H groups in total. The lowest BCUT2D eigenvalue weighted by molar-refractivity contribution is -0.137. The van der Waals surface area contributed by atoms with Gasteiger partial charge in [0.25, 0.3) is 11.8 Å². The van der Waals surface area contributed by atoms with Crippen LogP contribution in [0.3, 0.4) is 0 Å². The molecule has 4 aromatic rings. The predicted molar refractivity (Wildman–Crippen MR) is 155 cm³/mol. The smallest absolute Gasteiger partial charge is 0.339 e. The highest BCUT2D eigenvalue weighted by atomic mass is 19.4. The molecule has 0 saturated heterocycles. The zero-order chi connectivity index (χ0) is 30.9. The van der Waals surface area contributed by atoms with Crippen molar-refractivity contribution in [3.8, 4) is 5.69 Å². The number of anilines is 1. The van der Waals surface area contributed by atoms with Gasteiger partial charge in [-0.25, -0.2) is 9.07 Å². The molecule has 43 heavy (non-hydrogen) atoms. The van der Waals surface area contributed by atoms with Gasteiger partial charge in [-0.3, -0.25) is 14.5 Å². The number of nitrogens with one attached hydrogen (secondary N) is 2. The molecule has 0 spiro atoms. The number of para-hydroxylation sites is 1. The lowest BCUT2D eigenvalue weighted by Gasteiger charge is -2.38. The maximum atomic E-state index is 14.2. The molecule has 0 radical (unpaired) electrons. The van der Waals surface area contributed by atoms with Gasteiger partial charge in [0.1, 0.15) is 17.7 Å². The Morgan fingerprint density at radius 3 is 2.33 bits per heavy atom. The van der Waals surface area contributed by atoms with Gasteiger partial charge in [0.05, 0.1) is 16.9 Å². The summed E-state index contributed by atoms with van der Waals surface area (Å²) in [5.41, 5.74) is 1.31. The number of fused-ring (bicyclic) bond motifs is 1. The number of amides is 2. The van der Waals surface area contributed by atoms with E-state index in [1.165, 1.54) is 23.1 Å². The second-order valence-electron chi connectivity index (χ2n) is 10.6. The summed E-state index contributed by atoms with van der Waals surface area (Å²) in [5.74, 6) is -2.09. The van der Waals surface area contributed by atoms with E-state index in [1.807, 2.05) is 44.2 Å². The Balaban J connectivity index is 1.69. The van der Waals surface area contributed by atoms with Crippen molar-refractivity contribution in [3.63, 3.8) is 0 Å². The van der Waals surface area contributed by atoms with Crippen LogP contribution in [0.1, 0.15) is 59.4 Å². The molecule has 1 aromatic heterocycles. The molecule has 0 saturated carbocycles. The fraction of sp³-hybridized carbons (Fsp3) is 0.281. The third-order valence-corrected chi connectivity index (χ3v) is 7.37. The van der Waals surface area contributed by atoms with Crippen molar-refractivity contribution in [3.05, 3.63) is 113 Å². The first-order valence-electron chi connectivity index (χ1n) is 13.9. The molecule has 2 heterocycles. The van der Waals surface area contributed by atoms with E-state index < -0.39 is 41.3 Å². The topological polar surface area (TPSA) is 79.3 Å². The van der Waals surface area contributed by atoms with Gasteiger partial charge >= 0.3 is 6.18 Å². The fourth-order valence-corrected chi connectivity index (χ4v) is 5.35. The van der Waals surface area contributed by atoms with Crippen LogP contribution in [-0.2, 0) is 17.5 Å². The first kappa shape index (κ1) is 30.0. The predicted octanol–water partition coefficient (Wildman–Crippen LogP) is 5.83. The summed E-state index contributed by atoms with van der Waals surface area (Å²) in [5, 5.41) is 11.0. The molecule has 2 amide bonds. The van der Waals surface area contributed by atoms with E-state index >= 15 is 0 Å². The minimum Gasteiger partial charge on any atom is -0.339 e. The summed E-state index contributed by atoms with van der Waals surface area (Å²) < 4.78 is 56.0. The standard InChI is InChI=1S/C32H31F4N5O2/c1-4-40-30-27(25(18-37-19(2)3)39-41(30)24-11-6-5-7-12-24)26(20-13-15-23(33)16-14-20)28(31(40)43)38-29(42)21-9-8-10-22(17-21)32(34,35)36/h5-17,19,26,28,37H,4,18H2,1-3H3,(H,38,42)/t26-,28-/m0/s1. The number of aromatic nitrogens is 2. The highest BCUT2D eigenvalue weighted by Gasteiger charge is 2.46. The number of carbonyl (C=O) groups excluding carboxylic acids is 2. The Kier molecular flexibility index (Phi) is 8.36. The fourth-order valence-electron chi connectivity index (χ4n) is 5.35. The average molecular weight is 594 g/mol. The average Bonchev–Trinajstić information content (AvgIpc) is 3.36. The van der Waals surface area contributed by atoms with E-state index in [2.05, 4.69) is 10.6 Å². The van der Waals surface area contributed by atoms with Crippen molar-refractivity contribution < 1.29 is 27.2 Å². The second-order valence-corrected chi connectivity index (χ2v) is 10.6. The molecule has 1 aliphatic rings. The highest BCUT2D eigenvalue weighted by molar-refractivity contribution is 6.05. The molecule has 5 rings (SSSR count). The van der Waals surface area contributed by atoms with Gasteiger partial charge in [0, 0.05) is 36.2 Å². The zero-order valence-electron chi connectivity index (χ0n) is 23.8. The molecule has 0 aliphatic carbocycles. The minimum absolute atomic E-state index is 0.103. The Morgan fingerprint density at radius 1 is 1.00 bits per heavy atom. The van der Waals surface area contributed by atoms with Gasteiger partial charge in [0.15, 0.2) is 0 Å². The number of carbonyl (C=O) groups is 2. The van der Waals surface area contributed by atoms with Gasteiger partial charge < -0.3 is 10.6 Å². The molecular formula is C32H31F4N5O2. The molecule has 224 valence electrons. The maximum Gasteiger partial charge on any atom is 0.416 e. The molecule has 11 heteroatoms. The SMILES string of the molecule is CCN1C(=O)[C@@H](NC(=O)c2cccc(C(F)(F)F)c2)[C@@H](c2ccc(F)cc2)c2c(CNC(C)C)nn(-c3ccccc3)c21. The summed E-state index contributed by atoms with van der Waals surface area (Å²) in [4.78, 5) is 29.2. The summed E-state index contributed by atoms with van der Waals surface area (Å²) in [6.07, 6.45) is -4.65. The van der Waals surface area contributed by atoms with E-state index in [9.17, 15) is 27.2 Å². The van der Waals surface area contributed by atoms with Crippen molar-refractivity contribution in [1.29, 1.82) is 0 Å². The number of halogens is 4. The summed E-state index contributed by atoms with van der Waals surface area (Å²) >= 11 is 0. The Labute approximate surface area is 246 Å². The lowest BCUT2D eigenvalue weighted by atomic mass is 9.80. The molecule has 0 fully saturated rings. The maximum absolute atomic E-state index is 14.2. The normalized spacial score (nSPS) is 16.8. The van der Waals surface area contributed by atoms with Crippen LogP contribution < -0.4 is 15.5 Å². The molecular weight excluding hydrogens is 562 g/mol. The number of likely N-dealkylation sites (N-methyl/N-ethyl adjacent to an activating group) is 1. The van der Waals surface area contributed by atoms with Gasteiger partial charge in [0.2, 0.25) is 0 Å². The van der Waals surface area contributed by atoms with E-state index in [4.69, 9.17) is 5.10 Å². The van der Waals surface area contributed by atoms with Gasteiger partial charge in [-0.2, -0.15) is 18.3 Å². The zero-order valence-corrected chi connectivity index (χ0v) is 23.8. The molecule has 7 nitrogen and oxygen atoms in total. The highest BCUT2D eigenvalue weighted by Crippen LogP contribution is 2.43. The van der Waals surface area contributed by atoms with Crippen LogP contribution in [0, 0.1) is 5.82 Å². The van der Waals surface area contributed by atoms with Crippen molar-refractivity contribution in [2.45, 2.75) is 51.5 Å². The van der Waals surface area contributed by atoms with Gasteiger partial charge in [-0.15, -0.1) is 0 Å². The number of rotatable bonds is 8. The largest absolute Gasteiger partial charge is 0.416 e. The van der Waals surface area contributed by atoms with Gasteiger partial charge in [-0.05, 0) is 55.0 Å². The van der Waals surface area contributed by atoms with Crippen LogP contribution in [0.2, 0.25) is 0 Å². The third-order valence-electron chi connectivity index (χ3n) is 7.37. The van der Waals surface area contributed by atoms with Crippen molar-refractivity contribution in [1.82, 2.24) is 20.4 Å². The first-order valence-corrected chi connectivity index (χ1v) is 13.9. The summed E-state index contributed by atoms with van der Waals surface area (Å²) in [6.45, 7) is 6.32. The lowest BCUT2D eigenvalue weighted by Crippen LogP contribution is -2.55. The number of nitrogens with zero attached hydrogens (tertiary/aromatic N) is 3. The van der Waals surface area contributed by atoms with Crippen LogP contribution in [0.5, 0.6) is 0 Å². The molecule has 3 aromatic carbocycles. The second kappa shape index (κ2) is 12.0. The first-order chi connectivity index (χ1) is 20.5. The monoisotopic (exact) mass is 593 g/mol. The number of alkyl halides is 3. The Bertz CT molecular complexity index is 1620. The molecule has 1 aliphatic heterocycles. The molecule has 0 bridgehead atoms. The van der Waals surface area contributed by atoms with E-state index in [0.29, 0.717) is 34.9 Å². The van der Waals surface area contributed by atoms with Crippen molar-refractivity contribution in [2.75, 3.05) is 11.4 Å². The number of benzene rings is 3. The van der Waals surface area contributed by atoms with E-state index in [0.717, 1.165) is 18.2 Å². The van der Waals surface area contributed by atoms with Crippen LogP contribution in [0.4, 0.5) is 23.4 Å². The number of hydrogen-bond donors (Lipinski definition) is 2. The molecule has 0 unspecified atom stereocenters. The van der Waals surface area contributed by atoms with Crippen molar-refractivity contribution >= 4 is 17.6 Å². The Morgan fingerprint density at radius 2 is 1.70 bits per heavy atom. The molecule has 2 atom stereocenters. The van der Waals surface area contributed by atoms with Crippen LogP contribution in [0.25, 0.3) is 5.69 Å². The van der Waals surface area contributed by atoms with Crippen LogP contribution in [-0.4, -0.2) is 40.2 Å². The third kappa shape index (κ3) is 6.03. The van der Waals surface area contributed by atoms with Crippen LogP contribution in [0.15, 0.2) is 78.9 Å². The van der Waals surface area contributed by atoms with E-state index in [1.54, 1.807) is 23.7 Å². The summed E-state index contributed by atoms with van der Waals surface area (Å²) in [6, 6.07) is 17.8. The number of hydrogen-bond acceptors (Lipinski definition) is 4. The van der Waals surface area contributed by atoms with Gasteiger partial charge in [-0.1, -0.05) is 50.2 Å². The Hall–Kier alpha value is -4.51. The minimum atomic E-state index is -4.65. The van der Waals surface area contributed by atoms with E-state index in [-0.39, 0.29) is 18.2 Å². The van der Waals surface area contributed by atoms with Crippen molar-refractivity contribution in [2.24, 2.45) is 0 Å².